The Morgan fingerprint density at radius 2 is 1.70 bits per heavy atom. The van der Waals surface area contributed by atoms with E-state index in [0.717, 1.165) is 5.69 Å². The number of nitrogen functional groups attached to an aromatic ring is 2. The van der Waals surface area contributed by atoms with Crippen LogP contribution in [0.5, 0.6) is 0 Å². The molecule has 0 aliphatic heterocycles. The van der Waals surface area contributed by atoms with Crippen molar-refractivity contribution < 1.29 is 19.1 Å². The molecule has 0 bridgehead atoms. The van der Waals surface area contributed by atoms with Gasteiger partial charge in [0.25, 0.3) is 11.8 Å². The molecular formula is C28H30N12O4. The molecule has 0 unspecified atom stereocenters. The van der Waals surface area contributed by atoms with Crippen molar-refractivity contribution in [1.29, 1.82) is 0 Å². The molecule has 1 atom stereocenters. The second-order valence-electron chi connectivity index (χ2n) is 9.59. The maximum Gasteiger partial charge on any atom is 0.328 e. The molecule has 2 amide bonds. The Morgan fingerprint density at radius 3 is 2.39 bits per heavy atom. The van der Waals surface area contributed by atoms with Crippen LogP contribution in [0.25, 0.3) is 21.6 Å². The Kier molecular flexibility index (Phi) is 10.0. The van der Waals surface area contributed by atoms with Crippen LogP contribution >= 0.6 is 0 Å². The second-order valence-corrected chi connectivity index (χ2v) is 9.59. The minimum atomic E-state index is -0.909. The number of methoxy groups -OCH3 is 1. The maximum absolute atomic E-state index is 12.9. The van der Waals surface area contributed by atoms with E-state index in [1.165, 1.54) is 19.2 Å². The summed E-state index contributed by atoms with van der Waals surface area (Å²) in [4.78, 5) is 59.0. The number of hydrogen-bond donors (Lipinski definition) is 4. The number of benzene rings is 2. The van der Waals surface area contributed by atoms with E-state index >= 15 is 0 Å². The largest absolute Gasteiger partial charge is 0.467 e. The van der Waals surface area contributed by atoms with Gasteiger partial charge < -0.3 is 31.7 Å². The van der Waals surface area contributed by atoms with Gasteiger partial charge in [-0.3, -0.25) is 9.59 Å². The molecule has 44 heavy (non-hydrogen) atoms. The number of fused-ring (bicyclic) bond motifs is 1. The number of anilines is 3. The number of amides is 2. The molecule has 0 saturated heterocycles. The topological polar surface area (TPSA) is 240 Å². The van der Waals surface area contributed by atoms with Gasteiger partial charge in [0.1, 0.15) is 6.04 Å². The van der Waals surface area contributed by atoms with Gasteiger partial charge in [-0.25, -0.2) is 14.8 Å². The van der Waals surface area contributed by atoms with E-state index in [0.29, 0.717) is 46.6 Å². The fraction of sp³-hybridized carbons (Fsp3) is 0.250. The Balaban J connectivity index is 1.30. The quantitative estimate of drug-likeness (QED) is 0.0607. The van der Waals surface area contributed by atoms with Gasteiger partial charge in [0.2, 0.25) is 5.95 Å². The average Bonchev–Trinajstić information content (AvgIpc) is 3.02. The summed E-state index contributed by atoms with van der Waals surface area (Å²) in [6, 6.07) is 12.1. The molecule has 4 rings (SSSR count). The van der Waals surface area contributed by atoms with E-state index in [2.05, 4.69) is 40.6 Å². The van der Waals surface area contributed by atoms with Gasteiger partial charge in [0.15, 0.2) is 17.0 Å². The molecule has 6 N–H and O–H groups in total. The fourth-order valence-corrected chi connectivity index (χ4v) is 4.23. The van der Waals surface area contributed by atoms with Crippen LogP contribution in [0.4, 0.5) is 23.1 Å². The summed E-state index contributed by atoms with van der Waals surface area (Å²) in [5, 5.41) is 8.93. The summed E-state index contributed by atoms with van der Waals surface area (Å²) in [7, 11) is 3.10. The highest BCUT2D eigenvalue weighted by molar-refractivity contribution is 5.97. The number of nitrogens with zero attached hydrogens (tertiary/aromatic N) is 8. The van der Waals surface area contributed by atoms with E-state index in [4.69, 9.17) is 21.7 Å². The minimum absolute atomic E-state index is 0.0216. The summed E-state index contributed by atoms with van der Waals surface area (Å²) in [6.07, 6.45) is 2.22. The van der Waals surface area contributed by atoms with E-state index in [1.54, 1.807) is 42.6 Å². The monoisotopic (exact) mass is 598 g/mol. The first kappa shape index (κ1) is 30.9. The first-order chi connectivity index (χ1) is 21.2. The van der Waals surface area contributed by atoms with Crippen molar-refractivity contribution in [3.8, 4) is 0 Å². The zero-order valence-corrected chi connectivity index (χ0v) is 24.0. The van der Waals surface area contributed by atoms with Gasteiger partial charge in [-0.15, -0.1) is 0 Å². The van der Waals surface area contributed by atoms with Crippen LogP contribution in [0.15, 0.2) is 59.8 Å². The number of nitrogens with one attached hydrogen (secondary N) is 2. The number of carbonyl (C=O) groups excluding carboxylic acids is 3. The zero-order valence-electron chi connectivity index (χ0n) is 24.0. The van der Waals surface area contributed by atoms with E-state index < -0.39 is 17.9 Å². The standard InChI is InChI=1S/C28H30N12O4/c1-40(15-19-14-33-24-22(34-19)23(29)36-28(30)37-24)20-11-7-17(8-12-20)26(42)35-21(27(43)44-2)4-3-13-32-25(41)16-5-9-18(10-6-16)38-39-31/h5-12,14,21H,3-4,13,15H2,1-2H3,(H,32,41)(H,35,42)(H4,29,30,33,36,37)/t21-/m0/s1. The lowest BCUT2D eigenvalue weighted by atomic mass is 10.1. The van der Waals surface area contributed by atoms with Crippen LogP contribution in [-0.2, 0) is 16.1 Å². The molecular weight excluding hydrogens is 568 g/mol. The van der Waals surface area contributed by atoms with Crippen LogP contribution in [-0.4, -0.2) is 64.5 Å². The van der Waals surface area contributed by atoms with Crippen molar-refractivity contribution in [3.63, 3.8) is 0 Å². The molecule has 16 heteroatoms. The molecule has 2 heterocycles. The van der Waals surface area contributed by atoms with E-state index in [9.17, 15) is 14.4 Å². The highest BCUT2D eigenvalue weighted by Crippen LogP contribution is 2.19. The van der Waals surface area contributed by atoms with Gasteiger partial charge in [0, 0.05) is 41.0 Å². The number of hydrogen-bond acceptors (Lipinski definition) is 12. The average molecular weight is 599 g/mol. The number of nitrogens with two attached hydrogens (primary N) is 2. The molecule has 226 valence electrons. The summed E-state index contributed by atoms with van der Waals surface area (Å²) >= 11 is 0. The number of carbonyl (C=O) groups is 3. The van der Waals surface area contributed by atoms with Gasteiger partial charge in [0.05, 0.1) is 25.5 Å². The van der Waals surface area contributed by atoms with E-state index in [-0.39, 0.29) is 30.6 Å². The molecule has 0 saturated carbocycles. The zero-order chi connectivity index (χ0) is 31.6. The number of esters is 1. The molecule has 4 aromatic rings. The van der Waals surface area contributed by atoms with Crippen LogP contribution in [0.2, 0.25) is 0 Å². The molecule has 0 spiro atoms. The predicted molar refractivity (Wildman–Crippen MR) is 163 cm³/mol. The first-order valence-corrected chi connectivity index (χ1v) is 13.4. The fourth-order valence-electron chi connectivity index (χ4n) is 4.23. The highest BCUT2D eigenvalue weighted by atomic mass is 16.5. The van der Waals surface area contributed by atoms with Crippen molar-refractivity contribution in [2.75, 3.05) is 37.1 Å². The van der Waals surface area contributed by atoms with Crippen molar-refractivity contribution in [2.45, 2.75) is 25.4 Å². The maximum atomic E-state index is 12.9. The molecule has 0 radical (unpaired) electrons. The van der Waals surface area contributed by atoms with Crippen LogP contribution in [0.1, 0.15) is 39.3 Å². The Bertz CT molecular complexity index is 1710. The first-order valence-electron chi connectivity index (χ1n) is 13.4. The third-order valence-electron chi connectivity index (χ3n) is 6.51. The molecule has 0 aliphatic rings. The Hall–Kier alpha value is -6.02. The van der Waals surface area contributed by atoms with Gasteiger partial charge >= 0.3 is 5.97 Å². The van der Waals surface area contributed by atoms with Gasteiger partial charge in [-0.05, 0) is 54.8 Å². The Morgan fingerprint density at radius 1 is 1.02 bits per heavy atom. The summed E-state index contributed by atoms with van der Waals surface area (Å²) < 4.78 is 4.86. The minimum Gasteiger partial charge on any atom is -0.467 e. The van der Waals surface area contributed by atoms with Gasteiger partial charge in [-0.1, -0.05) is 17.2 Å². The lowest BCUT2D eigenvalue weighted by molar-refractivity contribution is -0.143. The molecule has 2 aromatic heterocycles. The summed E-state index contributed by atoms with van der Waals surface area (Å²) in [5.41, 5.74) is 23.2. The molecule has 16 nitrogen and oxygen atoms in total. The highest BCUT2D eigenvalue weighted by Gasteiger charge is 2.22. The lowest BCUT2D eigenvalue weighted by Crippen LogP contribution is -2.42. The molecule has 0 fully saturated rings. The normalized spacial score (nSPS) is 11.2. The number of aromatic nitrogens is 4. The molecule has 2 aromatic carbocycles. The summed E-state index contributed by atoms with van der Waals surface area (Å²) in [5.74, 6) is -1.20. The van der Waals surface area contributed by atoms with Gasteiger partial charge in [-0.2, -0.15) is 9.97 Å². The third-order valence-corrected chi connectivity index (χ3v) is 6.51. The van der Waals surface area contributed by atoms with Crippen LogP contribution in [0.3, 0.4) is 0 Å². The van der Waals surface area contributed by atoms with Crippen LogP contribution < -0.4 is 27.0 Å². The van der Waals surface area contributed by atoms with Crippen LogP contribution in [0, 0.1) is 0 Å². The summed E-state index contributed by atoms with van der Waals surface area (Å²) in [6.45, 7) is 0.650. The Labute approximate surface area is 251 Å². The number of rotatable bonds is 12. The van der Waals surface area contributed by atoms with Crippen molar-refractivity contribution in [2.24, 2.45) is 5.11 Å². The third kappa shape index (κ3) is 7.83. The van der Waals surface area contributed by atoms with E-state index in [1.807, 2.05) is 11.9 Å². The van der Waals surface area contributed by atoms with Crippen molar-refractivity contribution >= 4 is 52.1 Å². The predicted octanol–water partition coefficient (Wildman–Crippen LogP) is 2.64. The lowest BCUT2D eigenvalue weighted by Gasteiger charge is -2.20. The number of azide groups is 1. The number of ether oxygens (including phenoxy) is 1. The molecule has 0 aliphatic carbocycles. The smallest absolute Gasteiger partial charge is 0.328 e. The van der Waals surface area contributed by atoms with Crippen molar-refractivity contribution in [1.82, 2.24) is 30.6 Å². The SMILES string of the molecule is COC(=O)[C@H](CCCNC(=O)c1ccc(N=[N+]=[N-])cc1)NC(=O)c1ccc(N(C)Cc2cnc3nc(N)nc(N)c3n2)cc1. The van der Waals surface area contributed by atoms with Crippen molar-refractivity contribution in [3.05, 3.63) is 82.0 Å². The second kappa shape index (κ2) is 14.2.